The van der Waals surface area contributed by atoms with Gasteiger partial charge >= 0.3 is 0 Å². The third kappa shape index (κ3) is 4.58. The number of carbonyl (C=O) groups excluding carboxylic acids is 1. The summed E-state index contributed by atoms with van der Waals surface area (Å²) in [7, 11) is 0. The monoisotopic (exact) mass is 420 g/mol. The third-order valence-electron chi connectivity index (χ3n) is 4.64. The molecular formula is C22H20N4OS2. The SMILES string of the molecule is Cc1cccc(Nc2nnc(SCC(=O)Nc3cccc4ccccc34)s2)c1C. The van der Waals surface area contributed by atoms with Gasteiger partial charge in [0.05, 0.1) is 5.75 Å². The summed E-state index contributed by atoms with van der Waals surface area (Å²) >= 11 is 2.83. The summed E-state index contributed by atoms with van der Waals surface area (Å²) in [5.74, 6) is 0.215. The zero-order valence-electron chi connectivity index (χ0n) is 16.1. The van der Waals surface area contributed by atoms with Crippen molar-refractivity contribution in [2.45, 2.75) is 18.2 Å². The molecule has 0 saturated carbocycles. The average Bonchev–Trinajstić information content (AvgIpc) is 3.18. The van der Waals surface area contributed by atoms with Crippen molar-refractivity contribution in [3.05, 3.63) is 71.8 Å². The van der Waals surface area contributed by atoms with Crippen molar-refractivity contribution >= 4 is 56.3 Å². The highest BCUT2D eigenvalue weighted by atomic mass is 32.2. The first-order valence-electron chi connectivity index (χ1n) is 9.17. The van der Waals surface area contributed by atoms with E-state index in [0.717, 1.165) is 31.6 Å². The lowest BCUT2D eigenvalue weighted by atomic mass is 10.1. The molecule has 4 aromatic rings. The molecule has 1 heterocycles. The molecule has 2 N–H and O–H groups in total. The number of benzene rings is 3. The van der Waals surface area contributed by atoms with Crippen LogP contribution in [0.1, 0.15) is 11.1 Å². The Morgan fingerprint density at radius 1 is 0.966 bits per heavy atom. The normalized spacial score (nSPS) is 10.8. The summed E-state index contributed by atoms with van der Waals surface area (Å²) in [5.41, 5.74) is 4.25. The van der Waals surface area contributed by atoms with E-state index < -0.39 is 0 Å². The smallest absolute Gasteiger partial charge is 0.234 e. The molecule has 5 nitrogen and oxygen atoms in total. The first-order valence-corrected chi connectivity index (χ1v) is 11.0. The summed E-state index contributed by atoms with van der Waals surface area (Å²) in [6, 6.07) is 20.0. The van der Waals surface area contributed by atoms with E-state index in [1.165, 1.54) is 34.2 Å². The molecule has 0 aliphatic rings. The number of thioether (sulfide) groups is 1. The highest BCUT2D eigenvalue weighted by Crippen LogP contribution is 2.30. The average molecular weight is 421 g/mol. The van der Waals surface area contributed by atoms with E-state index in [4.69, 9.17) is 0 Å². The zero-order valence-corrected chi connectivity index (χ0v) is 17.7. The van der Waals surface area contributed by atoms with Gasteiger partial charge in [-0.15, -0.1) is 10.2 Å². The van der Waals surface area contributed by atoms with Crippen LogP contribution in [0.25, 0.3) is 10.8 Å². The third-order valence-corrected chi connectivity index (χ3v) is 6.62. The van der Waals surface area contributed by atoms with Crippen LogP contribution in [0, 0.1) is 13.8 Å². The number of aromatic nitrogens is 2. The molecule has 0 bridgehead atoms. The molecule has 0 unspecified atom stereocenters. The van der Waals surface area contributed by atoms with Crippen LogP contribution in [0.4, 0.5) is 16.5 Å². The number of nitrogens with one attached hydrogen (secondary N) is 2. The van der Waals surface area contributed by atoms with Crippen LogP contribution in [0.15, 0.2) is 65.0 Å². The van der Waals surface area contributed by atoms with Crippen molar-refractivity contribution < 1.29 is 4.79 Å². The Hall–Kier alpha value is -2.90. The topological polar surface area (TPSA) is 66.9 Å². The number of rotatable bonds is 6. The Kier molecular flexibility index (Phi) is 5.78. The summed E-state index contributed by atoms with van der Waals surface area (Å²) in [6.07, 6.45) is 0. The van der Waals surface area contributed by atoms with Gasteiger partial charge < -0.3 is 10.6 Å². The van der Waals surface area contributed by atoms with Crippen LogP contribution in [0.5, 0.6) is 0 Å². The molecule has 0 atom stereocenters. The number of fused-ring (bicyclic) bond motifs is 1. The van der Waals surface area contributed by atoms with Crippen LogP contribution < -0.4 is 10.6 Å². The molecule has 146 valence electrons. The van der Waals surface area contributed by atoms with Gasteiger partial charge in [0.2, 0.25) is 11.0 Å². The highest BCUT2D eigenvalue weighted by molar-refractivity contribution is 8.01. The van der Waals surface area contributed by atoms with Crippen molar-refractivity contribution in [2.24, 2.45) is 0 Å². The van der Waals surface area contributed by atoms with Gasteiger partial charge in [0.25, 0.3) is 0 Å². The fourth-order valence-corrected chi connectivity index (χ4v) is 4.53. The number of aryl methyl sites for hydroxylation is 1. The van der Waals surface area contributed by atoms with Gasteiger partial charge in [-0.25, -0.2) is 0 Å². The summed E-state index contributed by atoms with van der Waals surface area (Å²) in [6.45, 7) is 4.16. The van der Waals surface area contributed by atoms with E-state index in [1.54, 1.807) is 0 Å². The Labute approximate surface area is 177 Å². The van der Waals surface area contributed by atoms with Gasteiger partial charge in [-0.2, -0.15) is 0 Å². The van der Waals surface area contributed by atoms with Crippen LogP contribution in [0.3, 0.4) is 0 Å². The second-order valence-corrected chi connectivity index (χ2v) is 8.81. The van der Waals surface area contributed by atoms with E-state index in [0.29, 0.717) is 0 Å². The van der Waals surface area contributed by atoms with E-state index >= 15 is 0 Å². The first kappa shape index (κ1) is 19.4. The molecular weight excluding hydrogens is 400 g/mol. The van der Waals surface area contributed by atoms with Crippen molar-refractivity contribution in [1.29, 1.82) is 0 Å². The van der Waals surface area contributed by atoms with Gasteiger partial charge in [0.15, 0.2) is 4.34 Å². The standard InChI is InChI=1S/C22H20N4OS2/c1-14-7-5-11-18(15(14)2)24-21-25-26-22(29-21)28-13-20(27)23-19-12-6-9-16-8-3-4-10-17(16)19/h3-12H,13H2,1-2H3,(H,23,27)(H,24,25). The van der Waals surface area contributed by atoms with Gasteiger partial charge in [-0.1, -0.05) is 71.6 Å². The van der Waals surface area contributed by atoms with Gasteiger partial charge in [0, 0.05) is 16.8 Å². The first-order chi connectivity index (χ1) is 14.1. The molecule has 0 aliphatic carbocycles. The van der Waals surface area contributed by atoms with Gasteiger partial charge in [-0.3, -0.25) is 4.79 Å². The van der Waals surface area contributed by atoms with Crippen molar-refractivity contribution in [3.63, 3.8) is 0 Å². The largest absolute Gasteiger partial charge is 0.330 e. The molecule has 4 rings (SSSR count). The maximum atomic E-state index is 12.4. The molecule has 0 saturated heterocycles. The number of anilines is 3. The predicted molar refractivity (Wildman–Crippen MR) is 122 cm³/mol. The Bertz CT molecular complexity index is 1170. The number of carbonyl (C=O) groups is 1. The number of hydrogen-bond donors (Lipinski definition) is 2. The Morgan fingerprint density at radius 3 is 2.62 bits per heavy atom. The summed E-state index contributed by atoms with van der Waals surface area (Å²) in [4.78, 5) is 12.4. The van der Waals surface area contributed by atoms with Gasteiger partial charge in [0.1, 0.15) is 0 Å². The minimum Gasteiger partial charge on any atom is -0.330 e. The Morgan fingerprint density at radius 2 is 1.72 bits per heavy atom. The minimum atomic E-state index is -0.0643. The fourth-order valence-electron chi connectivity index (χ4n) is 2.97. The summed E-state index contributed by atoms with van der Waals surface area (Å²) in [5, 5.41) is 17.5. The lowest BCUT2D eigenvalue weighted by Gasteiger charge is -2.08. The quantitative estimate of drug-likeness (QED) is 0.387. The maximum absolute atomic E-state index is 12.4. The number of hydrogen-bond acceptors (Lipinski definition) is 6. The van der Waals surface area contributed by atoms with Crippen LogP contribution in [-0.4, -0.2) is 21.9 Å². The highest BCUT2D eigenvalue weighted by Gasteiger charge is 2.11. The molecule has 1 amide bonds. The lowest BCUT2D eigenvalue weighted by molar-refractivity contribution is -0.113. The molecule has 0 fully saturated rings. The van der Waals surface area contributed by atoms with E-state index in [9.17, 15) is 4.79 Å². The second kappa shape index (κ2) is 8.63. The van der Waals surface area contributed by atoms with Crippen LogP contribution in [-0.2, 0) is 4.79 Å². The van der Waals surface area contributed by atoms with E-state index in [1.807, 2.05) is 54.6 Å². The van der Waals surface area contributed by atoms with E-state index in [2.05, 4.69) is 40.7 Å². The number of nitrogens with zero attached hydrogens (tertiary/aromatic N) is 2. The van der Waals surface area contributed by atoms with Crippen molar-refractivity contribution in [3.8, 4) is 0 Å². The minimum absolute atomic E-state index is 0.0643. The zero-order chi connectivity index (χ0) is 20.2. The van der Waals surface area contributed by atoms with Crippen molar-refractivity contribution in [2.75, 3.05) is 16.4 Å². The maximum Gasteiger partial charge on any atom is 0.234 e. The van der Waals surface area contributed by atoms with E-state index in [-0.39, 0.29) is 11.7 Å². The second-order valence-electron chi connectivity index (χ2n) is 6.61. The summed E-state index contributed by atoms with van der Waals surface area (Å²) < 4.78 is 0.755. The molecule has 7 heteroatoms. The molecule has 29 heavy (non-hydrogen) atoms. The van der Waals surface area contributed by atoms with Crippen LogP contribution >= 0.6 is 23.1 Å². The van der Waals surface area contributed by atoms with Crippen LogP contribution in [0.2, 0.25) is 0 Å². The predicted octanol–water partition coefficient (Wildman–Crippen LogP) is 5.78. The molecule has 0 aliphatic heterocycles. The number of amides is 1. The lowest BCUT2D eigenvalue weighted by Crippen LogP contribution is -2.14. The van der Waals surface area contributed by atoms with Gasteiger partial charge in [-0.05, 0) is 42.5 Å². The Balaban J connectivity index is 1.37. The molecule has 1 aromatic heterocycles. The fraction of sp³-hybridized carbons (Fsp3) is 0.136. The molecule has 3 aromatic carbocycles. The molecule has 0 radical (unpaired) electrons. The molecule has 0 spiro atoms. The van der Waals surface area contributed by atoms with Crippen molar-refractivity contribution in [1.82, 2.24) is 10.2 Å².